The highest BCUT2D eigenvalue weighted by molar-refractivity contribution is 5.92. The fraction of sp³-hybridized carbons (Fsp3) is 0.200. The molecule has 1 heterocycles. The van der Waals surface area contributed by atoms with Gasteiger partial charge in [-0.15, -0.1) is 0 Å². The zero-order chi connectivity index (χ0) is 13.7. The Kier molecular flexibility index (Phi) is 4.26. The molecular formula is C15H15NO3. The number of carbonyl (C=O) groups is 1. The molecule has 4 heteroatoms. The van der Waals surface area contributed by atoms with Gasteiger partial charge in [0.2, 0.25) is 0 Å². The lowest BCUT2D eigenvalue weighted by Crippen LogP contribution is -1.98. The summed E-state index contributed by atoms with van der Waals surface area (Å²) in [7, 11) is 0. The number of ether oxygens (including phenoxy) is 1. The largest absolute Gasteiger partial charge is 0.455 e. The molecule has 98 valence electrons. The van der Waals surface area contributed by atoms with Gasteiger partial charge in [0.1, 0.15) is 17.2 Å². The number of hydrogen-bond donors (Lipinski definition) is 1. The van der Waals surface area contributed by atoms with E-state index in [0.717, 1.165) is 5.56 Å². The summed E-state index contributed by atoms with van der Waals surface area (Å²) < 4.78 is 5.71. The van der Waals surface area contributed by atoms with Crippen molar-refractivity contribution in [1.29, 1.82) is 0 Å². The molecule has 0 atom stereocenters. The summed E-state index contributed by atoms with van der Waals surface area (Å²) in [5.41, 5.74) is 1.34. The fourth-order valence-corrected chi connectivity index (χ4v) is 1.71. The molecule has 0 unspecified atom stereocenters. The highest BCUT2D eigenvalue weighted by Crippen LogP contribution is 2.25. The number of rotatable bonds is 5. The molecule has 2 aromatic rings. The first-order valence-corrected chi connectivity index (χ1v) is 6.04. The Balaban J connectivity index is 2.19. The van der Waals surface area contributed by atoms with Crippen LogP contribution in [-0.2, 0) is 6.42 Å². The molecule has 1 aromatic carbocycles. The van der Waals surface area contributed by atoms with E-state index < -0.39 is 0 Å². The number of hydrogen-bond acceptors (Lipinski definition) is 4. The van der Waals surface area contributed by atoms with Gasteiger partial charge in [0.15, 0.2) is 5.78 Å². The van der Waals surface area contributed by atoms with Gasteiger partial charge < -0.3 is 9.84 Å². The molecule has 0 amide bonds. The van der Waals surface area contributed by atoms with Gasteiger partial charge in [0.25, 0.3) is 0 Å². The number of benzene rings is 1. The van der Waals surface area contributed by atoms with Gasteiger partial charge in [-0.25, -0.2) is 4.98 Å². The van der Waals surface area contributed by atoms with Crippen molar-refractivity contribution in [3.63, 3.8) is 0 Å². The highest BCUT2D eigenvalue weighted by atomic mass is 16.5. The van der Waals surface area contributed by atoms with Crippen LogP contribution in [-0.4, -0.2) is 22.5 Å². The minimum absolute atomic E-state index is 0.0713. The third-order valence-corrected chi connectivity index (χ3v) is 2.68. The number of pyridine rings is 1. The summed E-state index contributed by atoms with van der Waals surface area (Å²) in [5.74, 6) is 1.18. The Bertz CT molecular complexity index is 564. The van der Waals surface area contributed by atoms with Crippen LogP contribution in [0.15, 0.2) is 42.6 Å². The minimum atomic E-state index is -0.0766. The van der Waals surface area contributed by atoms with E-state index in [4.69, 9.17) is 9.84 Å². The molecular weight excluding hydrogens is 242 g/mol. The quantitative estimate of drug-likeness (QED) is 0.836. The van der Waals surface area contributed by atoms with Gasteiger partial charge in [-0.1, -0.05) is 18.2 Å². The molecule has 1 N–H and O–H groups in total. The number of para-hydroxylation sites is 1. The zero-order valence-corrected chi connectivity index (χ0v) is 10.7. The first-order valence-electron chi connectivity index (χ1n) is 6.04. The summed E-state index contributed by atoms with van der Waals surface area (Å²) in [6.07, 6.45) is 2.06. The van der Waals surface area contributed by atoms with E-state index in [-0.39, 0.29) is 12.4 Å². The molecule has 1 aromatic heterocycles. The summed E-state index contributed by atoms with van der Waals surface area (Å²) >= 11 is 0. The highest BCUT2D eigenvalue weighted by Gasteiger charge is 2.05. The number of aromatic nitrogens is 1. The van der Waals surface area contributed by atoms with Crippen molar-refractivity contribution >= 4 is 5.78 Å². The normalized spacial score (nSPS) is 10.2. The van der Waals surface area contributed by atoms with Gasteiger partial charge in [-0.3, -0.25) is 4.79 Å². The molecule has 0 radical (unpaired) electrons. The van der Waals surface area contributed by atoms with E-state index in [0.29, 0.717) is 23.6 Å². The lowest BCUT2D eigenvalue weighted by atomic mass is 10.1. The van der Waals surface area contributed by atoms with Crippen LogP contribution in [0.3, 0.4) is 0 Å². The van der Waals surface area contributed by atoms with Crippen LogP contribution in [0.2, 0.25) is 0 Å². The summed E-state index contributed by atoms with van der Waals surface area (Å²) in [6, 6.07) is 10.8. The molecule has 0 spiro atoms. The summed E-state index contributed by atoms with van der Waals surface area (Å²) in [6.45, 7) is 1.54. The van der Waals surface area contributed by atoms with E-state index in [1.54, 1.807) is 12.1 Å². The summed E-state index contributed by atoms with van der Waals surface area (Å²) in [5, 5.41) is 9.00. The summed E-state index contributed by atoms with van der Waals surface area (Å²) in [4.78, 5) is 15.1. The third-order valence-electron chi connectivity index (χ3n) is 2.68. The van der Waals surface area contributed by atoms with Gasteiger partial charge >= 0.3 is 0 Å². The maximum Gasteiger partial charge on any atom is 0.178 e. The van der Waals surface area contributed by atoms with E-state index in [2.05, 4.69) is 4.98 Å². The Hall–Kier alpha value is -2.20. The van der Waals surface area contributed by atoms with Gasteiger partial charge in [-0.05, 0) is 30.2 Å². The van der Waals surface area contributed by atoms with Gasteiger partial charge in [-0.2, -0.15) is 0 Å². The average molecular weight is 257 g/mol. The maximum absolute atomic E-state index is 11.1. The second kappa shape index (κ2) is 6.11. The number of ketones is 1. The fourth-order valence-electron chi connectivity index (χ4n) is 1.71. The average Bonchev–Trinajstić information content (AvgIpc) is 2.42. The SMILES string of the molecule is CC(=O)c1ccc(Oc2ccccc2CCO)cn1. The molecule has 2 rings (SSSR count). The van der Waals surface area contributed by atoms with Crippen molar-refractivity contribution < 1.29 is 14.6 Å². The Morgan fingerprint density at radius 1 is 1.26 bits per heavy atom. The zero-order valence-electron chi connectivity index (χ0n) is 10.7. The first-order chi connectivity index (χ1) is 9.20. The molecule has 0 aliphatic carbocycles. The molecule has 0 saturated heterocycles. The lowest BCUT2D eigenvalue weighted by molar-refractivity contribution is 0.101. The van der Waals surface area contributed by atoms with Crippen LogP contribution in [0, 0.1) is 0 Å². The topological polar surface area (TPSA) is 59.4 Å². The molecule has 0 aliphatic heterocycles. The van der Waals surface area contributed by atoms with Crippen LogP contribution >= 0.6 is 0 Å². The Morgan fingerprint density at radius 2 is 2.05 bits per heavy atom. The minimum Gasteiger partial charge on any atom is -0.455 e. The number of Topliss-reactive ketones (excluding diaryl/α,β-unsaturated/α-hetero) is 1. The van der Waals surface area contributed by atoms with Crippen LogP contribution in [0.5, 0.6) is 11.5 Å². The third kappa shape index (κ3) is 3.39. The van der Waals surface area contributed by atoms with Crippen LogP contribution in [0.4, 0.5) is 0 Å². The van der Waals surface area contributed by atoms with Crippen molar-refractivity contribution in [3.8, 4) is 11.5 Å². The van der Waals surface area contributed by atoms with E-state index in [9.17, 15) is 4.79 Å². The lowest BCUT2D eigenvalue weighted by Gasteiger charge is -2.10. The predicted molar refractivity (Wildman–Crippen MR) is 71.5 cm³/mol. The number of nitrogens with zero attached hydrogens (tertiary/aromatic N) is 1. The van der Waals surface area contributed by atoms with Crippen LogP contribution in [0.25, 0.3) is 0 Å². The molecule has 19 heavy (non-hydrogen) atoms. The van der Waals surface area contributed by atoms with Gasteiger partial charge in [0, 0.05) is 13.5 Å². The van der Waals surface area contributed by atoms with E-state index >= 15 is 0 Å². The first kappa shape index (κ1) is 13.2. The van der Waals surface area contributed by atoms with Crippen molar-refractivity contribution in [2.75, 3.05) is 6.61 Å². The predicted octanol–water partition coefficient (Wildman–Crippen LogP) is 2.61. The van der Waals surface area contributed by atoms with Crippen molar-refractivity contribution in [2.45, 2.75) is 13.3 Å². The maximum atomic E-state index is 11.1. The number of aliphatic hydroxyl groups excluding tert-OH is 1. The molecule has 4 nitrogen and oxygen atoms in total. The molecule has 0 bridgehead atoms. The smallest absolute Gasteiger partial charge is 0.178 e. The van der Waals surface area contributed by atoms with Crippen molar-refractivity contribution in [2.24, 2.45) is 0 Å². The van der Waals surface area contributed by atoms with Crippen LogP contribution in [0.1, 0.15) is 23.0 Å². The standard InChI is InChI=1S/C15H15NO3/c1-11(18)14-7-6-13(10-16-14)19-15-5-3-2-4-12(15)8-9-17/h2-7,10,17H,8-9H2,1H3. The second-order valence-corrected chi connectivity index (χ2v) is 4.12. The molecule has 0 saturated carbocycles. The Labute approximate surface area is 111 Å². The number of carbonyl (C=O) groups excluding carboxylic acids is 1. The molecule has 0 aliphatic rings. The van der Waals surface area contributed by atoms with E-state index in [1.807, 2.05) is 24.3 Å². The monoisotopic (exact) mass is 257 g/mol. The molecule has 0 fully saturated rings. The van der Waals surface area contributed by atoms with E-state index in [1.165, 1.54) is 13.1 Å². The van der Waals surface area contributed by atoms with Gasteiger partial charge in [0.05, 0.1) is 6.20 Å². The second-order valence-electron chi connectivity index (χ2n) is 4.12. The van der Waals surface area contributed by atoms with Crippen molar-refractivity contribution in [1.82, 2.24) is 4.98 Å². The van der Waals surface area contributed by atoms with Crippen molar-refractivity contribution in [3.05, 3.63) is 53.9 Å². The van der Waals surface area contributed by atoms with Crippen LogP contribution < -0.4 is 4.74 Å². The Morgan fingerprint density at radius 3 is 2.68 bits per heavy atom. The number of aliphatic hydroxyl groups is 1.